The zero-order valence-corrected chi connectivity index (χ0v) is 15.4. The number of benzene rings is 1. The predicted octanol–water partition coefficient (Wildman–Crippen LogP) is 3.77. The lowest BCUT2D eigenvalue weighted by molar-refractivity contribution is -0.141. The van der Waals surface area contributed by atoms with Crippen molar-refractivity contribution < 1.29 is 18.0 Å². The van der Waals surface area contributed by atoms with E-state index in [0.717, 1.165) is 24.5 Å². The van der Waals surface area contributed by atoms with Crippen molar-refractivity contribution in [2.24, 2.45) is 5.92 Å². The van der Waals surface area contributed by atoms with Gasteiger partial charge in [0.15, 0.2) is 0 Å². The Morgan fingerprint density at radius 2 is 1.79 bits per heavy atom. The van der Waals surface area contributed by atoms with Crippen molar-refractivity contribution >= 4 is 11.7 Å². The standard InChI is InChI=1S/C21H22F3N3O/c22-21(23,24)18-7-4-8-19(25-18)26-11-9-16-10-12-27(17(16)14-26)20(28)13-15-5-2-1-3-6-15/h1-8,16-17H,9-14H2. The molecule has 0 N–H and O–H groups in total. The molecule has 1 aromatic heterocycles. The molecule has 148 valence electrons. The molecule has 2 fully saturated rings. The number of hydrogen-bond donors (Lipinski definition) is 0. The van der Waals surface area contributed by atoms with Crippen LogP contribution in [0.25, 0.3) is 0 Å². The maximum Gasteiger partial charge on any atom is 0.433 e. The van der Waals surface area contributed by atoms with Crippen LogP contribution in [0.4, 0.5) is 19.0 Å². The van der Waals surface area contributed by atoms with Crippen LogP contribution in [-0.4, -0.2) is 41.5 Å². The number of aromatic nitrogens is 1. The molecule has 4 rings (SSSR count). The third-order valence-corrected chi connectivity index (χ3v) is 5.73. The molecule has 7 heteroatoms. The number of pyridine rings is 1. The number of hydrogen-bond acceptors (Lipinski definition) is 3. The van der Waals surface area contributed by atoms with Gasteiger partial charge in [-0.3, -0.25) is 4.79 Å². The second-order valence-corrected chi connectivity index (χ2v) is 7.48. The zero-order chi connectivity index (χ0) is 19.7. The molecule has 2 aromatic rings. The lowest BCUT2D eigenvalue weighted by Crippen LogP contribution is -2.50. The Morgan fingerprint density at radius 3 is 2.54 bits per heavy atom. The van der Waals surface area contributed by atoms with E-state index in [1.807, 2.05) is 40.1 Å². The van der Waals surface area contributed by atoms with Crippen LogP contribution in [0.3, 0.4) is 0 Å². The number of halogens is 3. The third-order valence-electron chi connectivity index (χ3n) is 5.73. The Balaban J connectivity index is 1.48. The number of nitrogens with zero attached hydrogens (tertiary/aromatic N) is 3. The van der Waals surface area contributed by atoms with E-state index in [2.05, 4.69) is 4.98 Å². The van der Waals surface area contributed by atoms with Gasteiger partial charge in [0.05, 0.1) is 12.5 Å². The maximum absolute atomic E-state index is 13.0. The summed E-state index contributed by atoms with van der Waals surface area (Å²) in [4.78, 5) is 20.5. The highest BCUT2D eigenvalue weighted by Crippen LogP contribution is 2.35. The van der Waals surface area contributed by atoms with Gasteiger partial charge in [0, 0.05) is 19.6 Å². The van der Waals surface area contributed by atoms with Crippen LogP contribution in [-0.2, 0) is 17.4 Å². The van der Waals surface area contributed by atoms with E-state index in [1.165, 1.54) is 6.07 Å². The fourth-order valence-electron chi connectivity index (χ4n) is 4.29. The number of likely N-dealkylation sites (tertiary alicyclic amines) is 1. The van der Waals surface area contributed by atoms with Crippen LogP contribution in [0.15, 0.2) is 48.5 Å². The summed E-state index contributed by atoms with van der Waals surface area (Å²) in [6, 6.07) is 13.6. The Kier molecular flexibility index (Phi) is 5.00. The van der Waals surface area contributed by atoms with Gasteiger partial charge in [-0.15, -0.1) is 0 Å². The summed E-state index contributed by atoms with van der Waals surface area (Å²) in [5.41, 5.74) is 0.0960. The molecule has 2 unspecified atom stereocenters. The SMILES string of the molecule is O=C(Cc1ccccc1)N1CCC2CCN(c3cccc(C(F)(F)F)n3)CC21. The third kappa shape index (κ3) is 3.84. The Labute approximate surface area is 162 Å². The van der Waals surface area contributed by atoms with Crippen molar-refractivity contribution in [1.29, 1.82) is 0 Å². The van der Waals surface area contributed by atoms with Gasteiger partial charge in [0.25, 0.3) is 0 Å². The van der Waals surface area contributed by atoms with Crippen molar-refractivity contribution in [2.75, 3.05) is 24.5 Å². The van der Waals surface area contributed by atoms with Crippen LogP contribution in [0, 0.1) is 5.92 Å². The van der Waals surface area contributed by atoms with Crippen molar-refractivity contribution in [3.63, 3.8) is 0 Å². The summed E-state index contributed by atoms with van der Waals surface area (Å²) in [6.45, 7) is 1.90. The van der Waals surface area contributed by atoms with E-state index in [1.54, 1.807) is 6.07 Å². The number of anilines is 1. The van der Waals surface area contributed by atoms with Crippen LogP contribution in [0.2, 0.25) is 0 Å². The zero-order valence-electron chi connectivity index (χ0n) is 15.4. The Bertz CT molecular complexity index is 840. The molecule has 1 amide bonds. The van der Waals surface area contributed by atoms with Gasteiger partial charge in [-0.2, -0.15) is 13.2 Å². The first kappa shape index (κ1) is 18.8. The smallest absolute Gasteiger partial charge is 0.355 e. The monoisotopic (exact) mass is 389 g/mol. The van der Waals surface area contributed by atoms with Gasteiger partial charge in [-0.1, -0.05) is 36.4 Å². The van der Waals surface area contributed by atoms with Crippen LogP contribution >= 0.6 is 0 Å². The average molecular weight is 389 g/mol. The highest BCUT2D eigenvalue weighted by atomic mass is 19.4. The molecule has 2 saturated heterocycles. The van der Waals surface area contributed by atoms with Crippen molar-refractivity contribution in [2.45, 2.75) is 31.5 Å². The van der Waals surface area contributed by atoms with Crippen molar-refractivity contribution in [3.8, 4) is 0 Å². The first-order valence-electron chi connectivity index (χ1n) is 9.54. The summed E-state index contributed by atoms with van der Waals surface area (Å²) < 4.78 is 39.0. The van der Waals surface area contributed by atoms with E-state index in [-0.39, 0.29) is 11.9 Å². The molecular weight excluding hydrogens is 367 g/mol. The number of amides is 1. The topological polar surface area (TPSA) is 36.4 Å². The van der Waals surface area contributed by atoms with Gasteiger partial charge in [-0.25, -0.2) is 4.98 Å². The molecule has 0 saturated carbocycles. The molecule has 2 aliphatic heterocycles. The average Bonchev–Trinajstić information content (AvgIpc) is 3.11. The molecule has 28 heavy (non-hydrogen) atoms. The number of alkyl halides is 3. The maximum atomic E-state index is 13.0. The fraction of sp³-hybridized carbons (Fsp3) is 0.429. The molecule has 4 nitrogen and oxygen atoms in total. The van der Waals surface area contributed by atoms with Crippen LogP contribution < -0.4 is 4.90 Å². The minimum atomic E-state index is -4.46. The van der Waals surface area contributed by atoms with E-state index < -0.39 is 11.9 Å². The first-order valence-corrected chi connectivity index (χ1v) is 9.54. The quantitative estimate of drug-likeness (QED) is 0.802. The molecule has 0 spiro atoms. The Hall–Kier alpha value is -2.57. The van der Waals surface area contributed by atoms with Crippen LogP contribution in [0.1, 0.15) is 24.1 Å². The van der Waals surface area contributed by atoms with E-state index in [9.17, 15) is 18.0 Å². The lowest BCUT2D eigenvalue weighted by atomic mass is 9.92. The molecule has 3 heterocycles. The summed E-state index contributed by atoms with van der Waals surface area (Å²) in [5.74, 6) is 0.815. The summed E-state index contributed by atoms with van der Waals surface area (Å²) in [5, 5.41) is 0. The molecule has 0 radical (unpaired) electrons. The van der Waals surface area contributed by atoms with E-state index in [0.29, 0.717) is 37.8 Å². The minimum Gasteiger partial charge on any atom is -0.355 e. The normalized spacial score (nSPS) is 22.2. The van der Waals surface area contributed by atoms with Gasteiger partial charge in [-0.05, 0) is 36.5 Å². The van der Waals surface area contributed by atoms with E-state index in [4.69, 9.17) is 0 Å². The molecule has 0 bridgehead atoms. The van der Waals surface area contributed by atoms with Gasteiger partial charge in [0.1, 0.15) is 11.5 Å². The largest absolute Gasteiger partial charge is 0.433 e. The lowest BCUT2D eigenvalue weighted by Gasteiger charge is -2.39. The highest BCUT2D eigenvalue weighted by Gasteiger charge is 2.41. The predicted molar refractivity (Wildman–Crippen MR) is 99.8 cm³/mol. The number of piperidine rings is 1. The number of rotatable bonds is 3. The number of fused-ring (bicyclic) bond motifs is 1. The molecule has 1 aromatic carbocycles. The molecule has 0 aliphatic carbocycles. The summed E-state index contributed by atoms with van der Waals surface area (Å²) in [7, 11) is 0. The van der Waals surface area contributed by atoms with Gasteiger partial charge in [0.2, 0.25) is 5.91 Å². The summed E-state index contributed by atoms with van der Waals surface area (Å²) >= 11 is 0. The summed E-state index contributed by atoms with van der Waals surface area (Å²) in [6.07, 6.45) is -2.29. The molecule has 2 atom stereocenters. The molecular formula is C21H22F3N3O. The molecule has 2 aliphatic rings. The van der Waals surface area contributed by atoms with Crippen molar-refractivity contribution in [3.05, 3.63) is 59.8 Å². The Morgan fingerprint density at radius 1 is 1.04 bits per heavy atom. The number of carbonyl (C=O) groups excluding carboxylic acids is 1. The minimum absolute atomic E-state index is 0.0290. The van der Waals surface area contributed by atoms with Crippen LogP contribution in [0.5, 0.6) is 0 Å². The van der Waals surface area contributed by atoms with E-state index >= 15 is 0 Å². The van der Waals surface area contributed by atoms with Crippen molar-refractivity contribution in [1.82, 2.24) is 9.88 Å². The fourth-order valence-corrected chi connectivity index (χ4v) is 4.29. The van der Waals surface area contributed by atoms with Gasteiger partial charge >= 0.3 is 6.18 Å². The second-order valence-electron chi connectivity index (χ2n) is 7.48. The first-order chi connectivity index (χ1) is 13.4. The number of carbonyl (C=O) groups is 1. The highest BCUT2D eigenvalue weighted by molar-refractivity contribution is 5.79. The second kappa shape index (κ2) is 7.45. The van der Waals surface area contributed by atoms with Gasteiger partial charge < -0.3 is 9.80 Å².